The predicted molar refractivity (Wildman–Crippen MR) is 85.9 cm³/mol. The molecule has 0 saturated carbocycles. The first-order valence-electron chi connectivity index (χ1n) is 7.31. The fraction of sp³-hybridized carbons (Fsp3) is 0.786. The van der Waals surface area contributed by atoms with E-state index in [1.165, 1.54) is 13.5 Å². The molecule has 0 spiro atoms. The predicted octanol–water partition coefficient (Wildman–Crippen LogP) is 1.04. The lowest BCUT2D eigenvalue weighted by molar-refractivity contribution is -0.888. The first kappa shape index (κ1) is 23.3. The first-order chi connectivity index (χ1) is 9.95. The zero-order chi connectivity index (χ0) is 17.8. The largest absolute Gasteiger partial charge is 0.726 e. The molecule has 0 aliphatic carbocycles. The second kappa shape index (κ2) is 11.6. The highest BCUT2D eigenvalue weighted by Crippen LogP contribution is 2.00. The third kappa shape index (κ3) is 17.1. The molecular formula is C14H30N2O5S. The summed E-state index contributed by atoms with van der Waals surface area (Å²) in [6.45, 7) is 11.9. The lowest BCUT2D eigenvalue weighted by Gasteiger charge is -2.28. The van der Waals surface area contributed by atoms with E-state index in [4.69, 9.17) is 0 Å². The number of amides is 1. The molecule has 0 rings (SSSR count). The lowest BCUT2D eigenvalue weighted by atomic mass is 10.2. The van der Waals surface area contributed by atoms with Gasteiger partial charge in [-0.1, -0.05) is 6.58 Å². The molecule has 0 fully saturated rings. The van der Waals surface area contributed by atoms with Crippen molar-refractivity contribution in [3.8, 4) is 0 Å². The van der Waals surface area contributed by atoms with Gasteiger partial charge in [-0.05, 0) is 33.6 Å². The minimum atomic E-state index is -4.42. The van der Waals surface area contributed by atoms with Crippen LogP contribution in [0, 0.1) is 0 Å². The van der Waals surface area contributed by atoms with Gasteiger partial charge in [-0.15, -0.1) is 0 Å². The number of carbonyl (C=O) groups excluding carboxylic acids is 1. The number of unbranched alkanes of at least 4 members (excludes halogenated alkanes) is 1. The van der Waals surface area contributed by atoms with Crippen molar-refractivity contribution in [1.82, 2.24) is 5.32 Å². The van der Waals surface area contributed by atoms with Crippen molar-refractivity contribution < 1.29 is 26.4 Å². The highest BCUT2D eigenvalue weighted by atomic mass is 32.3. The fourth-order valence-electron chi connectivity index (χ4n) is 1.32. The molecule has 22 heavy (non-hydrogen) atoms. The maximum Gasteiger partial charge on any atom is 0.246 e. The van der Waals surface area contributed by atoms with Crippen LogP contribution in [0.1, 0.15) is 33.6 Å². The van der Waals surface area contributed by atoms with Crippen molar-refractivity contribution in [2.24, 2.45) is 0 Å². The molecule has 0 aromatic carbocycles. The van der Waals surface area contributed by atoms with Crippen LogP contribution in [0.5, 0.6) is 0 Å². The van der Waals surface area contributed by atoms with Gasteiger partial charge in [0.25, 0.3) is 0 Å². The average Bonchev–Trinajstić information content (AvgIpc) is 2.37. The number of hydrogen-bond donors (Lipinski definition) is 1. The highest BCUT2D eigenvalue weighted by Gasteiger charge is 2.10. The van der Waals surface area contributed by atoms with Crippen molar-refractivity contribution in [3.63, 3.8) is 0 Å². The average molecular weight is 338 g/mol. The molecule has 0 aliphatic rings. The number of hydrogen-bond acceptors (Lipinski definition) is 5. The molecule has 0 atom stereocenters. The third-order valence-electron chi connectivity index (χ3n) is 2.98. The van der Waals surface area contributed by atoms with Gasteiger partial charge in [0, 0.05) is 12.1 Å². The fourth-order valence-corrected chi connectivity index (χ4v) is 1.61. The number of carbonyl (C=O) groups is 1. The van der Waals surface area contributed by atoms with Gasteiger partial charge in [-0.2, -0.15) is 0 Å². The van der Waals surface area contributed by atoms with Crippen LogP contribution < -0.4 is 5.32 Å². The van der Waals surface area contributed by atoms with Crippen LogP contribution in [-0.4, -0.2) is 63.7 Å². The summed E-state index contributed by atoms with van der Waals surface area (Å²) in [6.07, 6.45) is 2.19. The van der Waals surface area contributed by atoms with E-state index in [0.29, 0.717) is 5.57 Å². The Bertz CT molecular complexity index is 433. The standard InChI is InChI=1S/C12H24N2O.C2H6O4S/c1-6-14(4,5)10-8-7-9-13-12(15)11(2)3;1-2-6-7(3,4)5/h2,6-10H2,1,3-5H3;2H2,1H3,(H,3,4,5). The summed E-state index contributed by atoms with van der Waals surface area (Å²) in [5.41, 5.74) is 0.583. The summed E-state index contributed by atoms with van der Waals surface area (Å²) in [5, 5.41) is 2.84. The van der Waals surface area contributed by atoms with Crippen LogP contribution >= 0.6 is 0 Å². The monoisotopic (exact) mass is 338 g/mol. The van der Waals surface area contributed by atoms with Gasteiger partial charge in [-0.3, -0.25) is 8.98 Å². The summed E-state index contributed by atoms with van der Waals surface area (Å²) >= 11 is 0. The molecule has 1 N–H and O–H groups in total. The van der Waals surface area contributed by atoms with Crippen LogP contribution in [0.25, 0.3) is 0 Å². The minimum Gasteiger partial charge on any atom is -0.726 e. The molecule has 0 aromatic heterocycles. The topological polar surface area (TPSA) is 95.5 Å². The van der Waals surface area contributed by atoms with Gasteiger partial charge in [0.05, 0.1) is 33.8 Å². The Morgan fingerprint density at radius 3 is 2.14 bits per heavy atom. The number of nitrogens with zero attached hydrogens (tertiary/aromatic N) is 1. The van der Waals surface area contributed by atoms with Crippen LogP contribution in [-0.2, 0) is 19.4 Å². The summed E-state index contributed by atoms with van der Waals surface area (Å²) in [7, 11) is 0.0331. The zero-order valence-corrected chi connectivity index (χ0v) is 15.2. The summed E-state index contributed by atoms with van der Waals surface area (Å²) < 4.78 is 33.1. The molecule has 0 heterocycles. The van der Waals surface area contributed by atoms with Crippen LogP contribution in [0.2, 0.25) is 0 Å². The number of quaternary nitrogens is 1. The van der Waals surface area contributed by atoms with Gasteiger partial charge in [0.15, 0.2) is 0 Å². The zero-order valence-electron chi connectivity index (χ0n) is 14.3. The van der Waals surface area contributed by atoms with Crippen molar-refractivity contribution >= 4 is 16.3 Å². The molecule has 0 aliphatic heterocycles. The third-order valence-corrected chi connectivity index (χ3v) is 3.51. The molecular weight excluding hydrogens is 308 g/mol. The second-order valence-corrected chi connectivity index (χ2v) is 6.59. The minimum absolute atomic E-state index is 0.0285. The first-order valence-corrected chi connectivity index (χ1v) is 8.64. The van der Waals surface area contributed by atoms with E-state index < -0.39 is 10.4 Å². The van der Waals surface area contributed by atoms with Crippen molar-refractivity contribution in [2.75, 3.05) is 40.3 Å². The van der Waals surface area contributed by atoms with E-state index in [1.807, 2.05) is 0 Å². The SMILES string of the molecule is C=C(C)C(=O)NCCCC[N+](C)(C)CC.CCOS(=O)(=O)[O-]. The van der Waals surface area contributed by atoms with Crippen LogP contribution in [0.3, 0.4) is 0 Å². The Balaban J connectivity index is 0. The molecule has 0 aromatic rings. The normalized spacial score (nSPS) is 11.4. The maximum absolute atomic E-state index is 11.1. The summed E-state index contributed by atoms with van der Waals surface area (Å²) in [4.78, 5) is 11.1. The Kier molecular flexibility index (Phi) is 12.3. The summed E-state index contributed by atoms with van der Waals surface area (Å²) in [6, 6.07) is 0. The van der Waals surface area contributed by atoms with Gasteiger partial charge in [-0.25, -0.2) is 8.42 Å². The van der Waals surface area contributed by atoms with Crippen molar-refractivity contribution in [1.29, 1.82) is 0 Å². The molecule has 0 bridgehead atoms. The summed E-state index contributed by atoms with van der Waals surface area (Å²) in [5.74, 6) is -0.0285. The smallest absolute Gasteiger partial charge is 0.246 e. The van der Waals surface area contributed by atoms with Gasteiger partial charge < -0.3 is 14.4 Å². The quantitative estimate of drug-likeness (QED) is 0.223. The van der Waals surface area contributed by atoms with E-state index in [1.54, 1.807) is 6.92 Å². The molecule has 0 unspecified atom stereocenters. The van der Waals surface area contributed by atoms with Crippen LogP contribution in [0.4, 0.5) is 0 Å². The molecule has 8 heteroatoms. The van der Waals surface area contributed by atoms with Gasteiger partial charge in [0.1, 0.15) is 0 Å². The molecule has 0 saturated heterocycles. The Morgan fingerprint density at radius 2 is 1.82 bits per heavy atom. The number of nitrogens with one attached hydrogen (secondary N) is 1. The maximum atomic E-state index is 11.1. The van der Waals surface area contributed by atoms with Crippen LogP contribution in [0.15, 0.2) is 12.2 Å². The van der Waals surface area contributed by atoms with Gasteiger partial charge >= 0.3 is 0 Å². The van der Waals surface area contributed by atoms with E-state index in [9.17, 15) is 17.8 Å². The van der Waals surface area contributed by atoms with E-state index in [2.05, 4.69) is 37.1 Å². The van der Waals surface area contributed by atoms with E-state index >= 15 is 0 Å². The molecule has 7 nitrogen and oxygen atoms in total. The number of rotatable bonds is 9. The molecule has 0 radical (unpaired) electrons. The second-order valence-electron chi connectivity index (χ2n) is 5.53. The van der Waals surface area contributed by atoms with Crippen molar-refractivity contribution in [3.05, 3.63) is 12.2 Å². The van der Waals surface area contributed by atoms with E-state index in [-0.39, 0.29) is 12.5 Å². The molecule has 1 amide bonds. The Labute approximate surface area is 134 Å². The van der Waals surface area contributed by atoms with E-state index in [0.717, 1.165) is 30.4 Å². The van der Waals surface area contributed by atoms with Crippen molar-refractivity contribution in [2.45, 2.75) is 33.6 Å². The Morgan fingerprint density at radius 1 is 1.27 bits per heavy atom. The lowest BCUT2D eigenvalue weighted by Crippen LogP contribution is -2.40. The highest BCUT2D eigenvalue weighted by molar-refractivity contribution is 7.80. The Hall–Kier alpha value is -0.960. The molecule has 132 valence electrons. The van der Waals surface area contributed by atoms with Gasteiger partial charge in [0.2, 0.25) is 16.3 Å².